The van der Waals surface area contributed by atoms with Crippen molar-refractivity contribution in [3.63, 3.8) is 0 Å². The van der Waals surface area contributed by atoms with Gasteiger partial charge in [-0.25, -0.2) is 0 Å². The van der Waals surface area contributed by atoms with Crippen LogP contribution in [0.2, 0.25) is 0 Å². The third-order valence-electron chi connectivity index (χ3n) is 6.53. The van der Waals surface area contributed by atoms with Gasteiger partial charge in [-0.2, -0.15) is 0 Å². The van der Waals surface area contributed by atoms with Gasteiger partial charge in [-0.05, 0) is 53.1 Å². The van der Waals surface area contributed by atoms with Crippen LogP contribution in [0.4, 0.5) is 0 Å². The molecule has 0 bridgehead atoms. The Balaban J connectivity index is 1.38. The Labute approximate surface area is 213 Å². The van der Waals surface area contributed by atoms with Crippen LogP contribution >= 0.6 is 11.8 Å². The van der Waals surface area contributed by atoms with Crippen LogP contribution in [-0.2, 0) is 16.6 Å². The fourth-order valence-electron chi connectivity index (χ4n) is 4.30. The van der Waals surface area contributed by atoms with Crippen LogP contribution in [0.1, 0.15) is 71.7 Å². The fraction of sp³-hybridized carbons (Fsp3) is 0.333. The van der Waals surface area contributed by atoms with Gasteiger partial charge in [-0.1, -0.05) is 87.5 Å². The summed E-state index contributed by atoms with van der Waals surface area (Å²) in [6, 6.07) is 26.3. The second-order valence-electron chi connectivity index (χ2n) is 10.2. The van der Waals surface area contributed by atoms with Gasteiger partial charge < -0.3 is 10.2 Å². The highest BCUT2D eigenvalue weighted by Crippen LogP contribution is 2.38. The number of nitrogens with one attached hydrogen (secondary N) is 1. The first kappa shape index (κ1) is 25.1. The molecular weight excluding hydrogens is 452 g/mol. The molecule has 0 spiro atoms. The number of thioether (sulfide) groups is 1. The molecule has 0 saturated carbocycles. The van der Waals surface area contributed by atoms with Crippen molar-refractivity contribution in [3.05, 3.63) is 107 Å². The summed E-state index contributed by atoms with van der Waals surface area (Å²) < 4.78 is 0. The van der Waals surface area contributed by atoms with Gasteiger partial charge in [0.1, 0.15) is 5.37 Å². The molecule has 182 valence electrons. The predicted molar refractivity (Wildman–Crippen MR) is 145 cm³/mol. The van der Waals surface area contributed by atoms with Crippen LogP contribution in [0.15, 0.2) is 78.9 Å². The maximum absolute atomic E-state index is 12.9. The van der Waals surface area contributed by atoms with E-state index in [0.717, 1.165) is 17.5 Å². The fourth-order valence-corrected chi connectivity index (χ4v) is 5.52. The molecule has 1 heterocycles. The minimum atomic E-state index is -0.0972. The molecule has 0 radical (unpaired) electrons. The highest BCUT2D eigenvalue weighted by molar-refractivity contribution is 8.00. The van der Waals surface area contributed by atoms with Gasteiger partial charge in [0, 0.05) is 12.1 Å². The third kappa shape index (κ3) is 6.15. The lowest BCUT2D eigenvalue weighted by Crippen LogP contribution is -2.30. The third-order valence-corrected chi connectivity index (χ3v) is 7.79. The number of benzene rings is 3. The highest BCUT2D eigenvalue weighted by atomic mass is 32.2. The maximum atomic E-state index is 12.9. The second-order valence-corrected chi connectivity index (χ2v) is 11.2. The Morgan fingerprint density at radius 3 is 2.29 bits per heavy atom. The Hall–Kier alpha value is -3.05. The minimum absolute atomic E-state index is 0.0106. The second kappa shape index (κ2) is 10.7. The molecule has 4 nitrogen and oxygen atoms in total. The first-order valence-electron chi connectivity index (χ1n) is 12.2. The summed E-state index contributed by atoms with van der Waals surface area (Å²) >= 11 is 1.65. The van der Waals surface area contributed by atoms with Gasteiger partial charge in [0.15, 0.2) is 0 Å². The number of hydrogen-bond acceptors (Lipinski definition) is 3. The largest absolute Gasteiger partial charge is 0.346 e. The summed E-state index contributed by atoms with van der Waals surface area (Å²) in [6.45, 7) is 9.27. The Morgan fingerprint density at radius 2 is 1.66 bits per heavy atom. The smallest absolute Gasteiger partial charge is 0.251 e. The lowest BCUT2D eigenvalue weighted by atomic mass is 9.86. The minimum Gasteiger partial charge on any atom is -0.346 e. The SMILES string of the molecule is C[C@@H](NC(=O)c1ccc([C@@H]2SCC(=O)N2CCc2ccccc2)cc1)c1ccc(C(C)(C)C)cc1. The molecule has 4 rings (SSSR count). The molecule has 0 aromatic heterocycles. The van der Waals surface area contributed by atoms with Crippen molar-refractivity contribution in [1.82, 2.24) is 10.2 Å². The maximum Gasteiger partial charge on any atom is 0.251 e. The van der Waals surface area contributed by atoms with Crippen molar-refractivity contribution in [2.24, 2.45) is 0 Å². The van der Waals surface area contributed by atoms with E-state index < -0.39 is 0 Å². The Kier molecular flexibility index (Phi) is 7.66. The zero-order valence-electron chi connectivity index (χ0n) is 21.0. The van der Waals surface area contributed by atoms with E-state index in [1.807, 2.05) is 54.3 Å². The van der Waals surface area contributed by atoms with Gasteiger partial charge in [0.25, 0.3) is 5.91 Å². The van der Waals surface area contributed by atoms with Crippen molar-refractivity contribution in [3.8, 4) is 0 Å². The lowest BCUT2D eigenvalue weighted by Gasteiger charge is -2.24. The summed E-state index contributed by atoms with van der Waals surface area (Å²) in [7, 11) is 0. The van der Waals surface area contributed by atoms with Crippen LogP contribution < -0.4 is 5.32 Å². The van der Waals surface area contributed by atoms with Crippen LogP contribution in [0.3, 0.4) is 0 Å². The molecule has 1 N–H and O–H groups in total. The predicted octanol–water partition coefficient (Wildman–Crippen LogP) is 6.29. The lowest BCUT2D eigenvalue weighted by molar-refractivity contribution is -0.128. The van der Waals surface area contributed by atoms with E-state index in [2.05, 4.69) is 62.5 Å². The normalized spacial score (nSPS) is 16.9. The van der Waals surface area contributed by atoms with Crippen LogP contribution in [0.5, 0.6) is 0 Å². The summed E-state index contributed by atoms with van der Waals surface area (Å²) in [6.07, 6.45) is 0.832. The highest BCUT2D eigenvalue weighted by Gasteiger charge is 2.32. The van der Waals surface area contributed by atoms with E-state index in [9.17, 15) is 9.59 Å². The monoisotopic (exact) mass is 486 g/mol. The number of rotatable bonds is 7. The first-order valence-corrected chi connectivity index (χ1v) is 13.2. The van der Waals surface area contributed by atoms with Gasteiger partial charge in [0.05, 0.1) is 11.8 Å². The number of carbonyl (C=O) groups is 2. The van der Waals surface area contributed by atoms with Gasteiger partial charge in [0.2, 0.25) is 5.91 Å². The molecular formula is C30H34N2O2S. The molecule has 3 aromatic rings. The Bertz CT molecular complexity index is 1150. The van der Waals surface area contributed by atoms with E-state index in [4.69, 9.17) is 0 Å². The molecule has 0 aliphatic carbocycles. The summed E-state index contributed by atoms with van der Waals surface area (Å²) in [5, 5.41) is 3.09. The topological polar surface area (TPSA) is 49.4 Å². The average molecular weight is 487 g/mol. The van der Waals surface area contributed by atoms with Crippen LogP contribution in [-0.4, -0.2) is 29.0 Å². The van der Waals surface area contributed by atoms with Crippen molar-refractivity contribution < 1.29 is 9.59 Å². The van der Waals surface area contributed by atoms with Crippen molar-refractivity contribution in [2.75, 3.05) is 12.3 Å². The summed E-state index contributed by atoms with van der Waals surface area (Å²) in [4.78, 5) is 27.4. The van der Waals surface area contributed by atoms with Crippen molar-refractivity contribution in [2.45, 2.75) is 50.9 Å². The number of carbonyl (C=O) groups excluding carboxylic acids is 2. The van der Waals surface area contributed by atoms with Gasteiger partial charge in [-0.15, -0.1) is 11.8 Å². The molecule has 2 atom stereocenters. The van der Waals surface area contributed by atoms with E-state index in [-0.39, 0.29) is 28.6 Å². The molecule has 5 heteroatoms. The number of amides is 2. The average Bonchev–Trinajstić information content (AvgIpc) is 3.23. The van der Waals surface area contributed by atoms with Crippen molar-refractivity contribution in [1.29, 1.82) is 0 Å². The molecule has 1 aliphatic rings. The summed E-state index contributed by atoms with van der Waals surface area (Å²) in [5.74, 6) is 0.566. The molecule has 1 aliphatic heterocycles. The van der Waals surface area contributed by atoms with E-state index >= 15 is 0 Å². The summed E-state index contributed by atoms with van der Waals surface area (Å²) in [5.41, 5.74) is 5.36. The zero-order chi connectivity index (χ0) is 25.0. The molecule has 0 unspecified atom stereocenters. The molecule has 3 aromatic carbocycles. The zero-order valence-corrected chi connectivity index (χ0v) is 21.8. The van der Waals surface area contributed by atoms with E-state index in [0.29, 0.717) is 17.9 Å². The van der Waals surface area contributed by atoms with Crippen LogP contribution in [0, 0.1) is 0 Å². The number of hydrogen-bond donors (Lipinski definition) is 1. The molecule has 2 amide bonds. The number of nitrogens with zero attached hydrogens (tertiary/aromatic N) is 1. The first-order chi connectivity index (χ1) is 16.7. The van der Waals surface area contributed by atoms with Gasteiger partial charge in [-0.3, -0.25) is 9.59 Å². The van der Waals surface area contributed by atoms with Crippen molar-refractivity contribution >= 4 is 23.6 Å². The molecule has 35 heavy (non-hydrogen) atoms. The van der Waals surface area contributed by atoms with E-state index in [1.54, 1.807) is 11.8 Å². The van der Waals surface area contributed by atoms with Crippen LogP contribution in [0.25, 0.3) is 0 Å². The Morgan fingerprint density at radius 1 is 1.00 bits per heavy atom. The standard InChI is InChI=1S/C30H34N2O2S/c1-21(23-14-16-26(17-15-23)30(2,3)4)31-28(34)24-10-12-25(13-11-24)29-32(27(33)20-35-29)19-18-22-8-6-5-7-9-22/h5-17,21,29H,18-20H2,1-4H3,(H,31,34)/t21-,29+/m1/s1. The quantitative estimate of drug-likeness (QED) is 0.427. The van der Waals surface area contributed by atoms with Gasteiger partial charge >= 0.3 is 0 Å². The van der Waals surface area contributed by atoms with E-state index in [1.165, 1.54) is 11.1 Å². The molecule has 1 fully saturated rings. The molecule has 1 saturated heterocycles.